The Bertz CT molecular complexity index is 581. The average molecular weight is 295 g/mol. The lowest BCUT2D eigenvalue weighted by Gasteiger charge is -2.06. The van der Waals surface area contributed by atoms with Crippen LogP contribution in [0.4, 0.5) is 4.79 Å². The molecule has 0 radical (unpaired) electrons. The summed E-state index contributed by atoms with van der Waals surface area (Å²) < 4.78 is 1.36. The van der Waals surface area contributed by atoms with E-state index < -0.39 is 5.97 Å². The van der Waals surface area contributed by atoms with Crippen LogP contribution in [-0.2, 0) is 13.1 Å². The van der Waals surface area contributed by atoms with Gasteiger partial charge in [-0.2, -0.15) is 11.3 Å². The molecule has 0 aliphatic rings. The number of carbonyl (C=O) groups is 2. The summed E-state index contributed by atoms with van der Waals surface area (Å²) in [6, 6.07) is 1.66. The second kappa shape index (κ2) is 6.66. The third-order valence-corrected chi connectivity index (χ3v) is 3.15. The molecule has 9 heteroatoms. The van der Waals surface area contributed by atoms with Crippen molar-refractivity contribution in [2.45, 2.75) is 13.1 Å². The predicted molar refractivity (Wildman–Crippen MR) is 71.5 cm³/mol. The number of carboxylic acid groups (broad SMARTS) is 1. The third kappa shape index (κ3) is 4.05. The Labute approximate surface area is 118 Å². The molecule has 2 aromatic rings. The van der Waals surface area contributed by atoms with Gasteiger partial charge in [0, 0.05) is 13.1 Å². The van der Waals surface area contributed by atoms with E-state index in [9.17, 15) is 9.59 Å². The molecule has 2 aromatic heterocycles. The van der Waals surface area contributed by atoms with Crippen LogP contribution in [0.25, 0.3) is 0 Å². The number of hydrogen-bond acceptors (Lipinski definition) is 5. The molecule has 2 rings (SSSR count). The number of aromatic carboxylic acids is 1. The molecule has 0 aromatic carbocycles. The number of carboxylic acids is 1. The summed E-state index contributed by atoms with van der Waals surface area (Å²) in [5.74, 6) is -1.13. The van der Waals surface area contributed by atoms with E-state index in [2.05, 4.69) is 20.9 Å². The molecule has 0 bridgehead atoms. The first-order valence-electron chi connectivity index (χ1n) is 5.81. The van der Waals surface area contributed by atoms with Gasteiger partial charge in [-0.25, -0.2) is 14.3 Å². The first-order chi connectivity index (χ1) is 9.65. The maximum Gasteiger partial charge on any atom is 0.358 e. The number of nitrogens with zero attached hydrogens (tertiary/aromatic N) is 3. The van der Waals surface area contributed by atoms with Crippen LogP contribution in [0.2, 0.25) is 0 Å². The Morgan fingerprint density at radius 2 is 2.25 bits per heavy atom. The smallest absolute Gasteiger partial charge is 0.358 e. The van der Waals surface area contributed by atoms with E-state index in [1.807, 2.05) is 16.8 Å². The monoisotopic (exact) mass is 295 g/mol. The van der Waals surface area contributed by atoms with Crippen molar-refractivity contribution < 1.29 is 14.7 Å². The highest BCUT2D eigenvalue weighted by molar-refractivity contribution is 7.07. The summed E-state index contributed by atoms with van der Waals surface area (Å²) in [5, 5.41) is 25.1. The standard InChI is InChI=1S/C11H13N5O3S/c17-10(18)9-6-16(15-14-9)3-2-12-11(19)13-5-8-1-4-20-7-8/h1,4,6-7H,2-3,5H2,(H,17,18)(H2,12,13,19). The SMILES string of the molecule is O=C(NCCn1cc(C(=O)O)nn1)NCc1ccsc1. The lowest BCUT2D eigenvalue weighted by Crippen LogP contribution is -2.36. The highest BCUT2D eigenvalue weighted by atomic mass is 32.1. The Morgan fingerprint density at radius 1 is 1.40 bits per heavy atom. The number of aromatic nitrogens is 3. The van der Waals surface area contributed by atoms with E-state index in [1.54, 1.807) is 11.3 Å². The largest absolute Gasteiger partial charge is 0.476 e. The Kier molecular flexibility index (Phi) is 4.66. The molecule has 0 fully saturated rings. The van der Waals surface area contributed by atoms with Gasteiger partial charge >= 0.3 is 12.0 Å². The molecule has 3 N–H and O–H groups in total. The van der Waals surface area contributed by atoms with Gasteiger partial charge in [0.15, 0.2) is 5.69 Å². The zero-order chi connectivity index (χ0) is 14.4. The van der Waals surface area contributed by atoms with Crippen LogP contribution >= 0.6 is 11.3 Å². The van der Waals surface area contributed by atoms with E-state index in [0.717, 1.165) is 5.56 Å². The fourth-order valence-corrected chi connectivity index (χ4v) is 2.10. The van der Waals surface area contributed by atoms with Crippen molar-refractivity contribution >= 4 is 23.3 Å². The van der Waals surface area contributed by atoms with Crippen molar-refractivity contribution in [2.24, 2.45) is 0 Å². The molecule has 0 aliphatic carbocycles. The fraction of sp³-hybridized carbons (Fsp3) is 0.273. The van der Waals surface area contributed by atoms with Crippen molar-refractivity contribution in [3.63, 3.8) is 0 Å². The van der Waals surface area contributed by atoms with Gasteiger partial charge < -0.3 is 15.7 Å². The van der Waals surface area contributed by atoms with Crippen LogP contribution in [0.5, 0.6) is 0 Å². The zero-order valence-corrected chi connectivity index (χ0v) is 11.3. The summed E-state index contributed by atoms with van der Waals surface area (Å²) in [4.78, 5) is 22.1. The summed E-state index contributed by atoms with van der Waals surface area (Å²) >= 11 is 1.57. The zero-order valence-electron chi connectivity index (χ0n) is 10.4. The van der Waals surface area contributed by atoms with E-state index in [1.165, 1.54) is 10.9 Å². The maximum absolute atomic E-state index is 11.5. The summed E-state index contributed by atoms with van der Waals surface area (Å²) in [6.45, 7) is 1.16. The fourth-order valence-electron chi connectivity index (χ4n) is 1.43. The van der Waals surface area contributed by atoms with Gasteiger partial charge in [0.1, 0.15) is 0 Å². The van der Waals surface area contributed by atoms with E-state index in [4.69, 9.17) is 5.11 Å². The second-order valence-corrected chi connectivity index (χ2v) is 4.69. The first-order valence-corrected chi connectivity index (χ1v) is 6.75. The Morgan fingerprint density at radius 3 is 2.90 bits per heavy atom. The molecular weight excluding hydrogens is 282 g/mol. The summed E-state index contributed by atoms with van der Waals surface area (Å²) in [6.07, 6.45) is 1.31. The Balaban J connectivity index is 1.67. The van der Waals surface area contributed by atoms with Crippen molar-refractivity contribution in [1.82, 2.24) is 25.6 Å². The molecule has 0 saturated heterocycles. The van der Waals surface area contributed by atoms with Crippen molar-refractivity contribution in [2.75, 3.05) is 6.54 Å². The second-order valence-electron chi connectivity index (χ2n) is 3.91. The molecule has 0 aliphatic heterocycles. The number of nitrogens with one attached hydrogen (secondary N) is 2. The molecule has 0 unspecified atom stereocenters. The minimum absolute atomic E-state index is 0.119. The van der Waals surface area contributed by atoms with Gasteiger partial charge in [0.05, 0.1) is 12.7 Å². The average Bonchev–Trinajstić information content (AvgIpc) is 3.07. The highest BCUT2D eigenvalue weighted by Crippen LogP contribution is 2.04. The summed E-state index contributed by atoms with van der Waals surface area (Å²) in [7, 11) is 0. The van der Waals surface area contributed by atoms with Gasteiger partial charge in [-0.05, 0) is 22.4 Å². The topological polar surface area (TPSA) is 109 Å². The van der Waals surface area contributed by atoms with Gasteiger partial charge in [-0.1, -0.05) is 5.21 Å². The van der Waals surface area contributed by atoms with Crippen molar-refractivity contribution in [3.8, 4) is 0 Å². The van der Waals surface area contributed by atoms with Crippen LogP contribution in [0.15, 0.2) is 23.0 Å². The lowest BCUT2D eigenvalue weighted by atomic mass is 10.3. The van der Waals surface area contributed by atoms with E-state index >= 15 is 0 Å². The maximum atomic E-state index is 11.5. The number of carbonyl (C=O) groups excluding carboxylic acids is 1. The quantitative estimate of drug-likeness (QED) is 0.720. The van der Waals surface area contributed by atoms with Crippen molar-refractivity contribution in [1.29, 1.82) is 0 Å². The number of rotatable bonds is 6. The van der Waals surface area contributed by atoms with E-state index in [-0.39, 0.29) is 11.7 Å². The minimum atomic E-state index is -1.13. The van der Waals surface area contributed by atoms with Crippen LogP contribution in [0.1, 0.15) is 16.1 Å². The van der Waals surface area contributed by atoms with Crippen LogP contribution in [-0.4, -0.2) is 38.6 Å². The van der Waals surface area contributed by atoms with Gasteiger partial charge in [0.2, 0.25) is 0 Å². The normalized spacial score (nSPS) is 10.2. The number of thiophene rings is 1. The van der Waals surface area contributed by atoms with Gasteiger partial charge in [0.25, 0.3) is 0 Å². The molecule has 20 heavy (non-hydrogen) atoms. The Hall–Kier alpha value is -2.42. The number of urea groups is 1. The van der Waals surface area contributed by atoms with Crippen LogP contribution in [0, 0.1) is 0 Å². The number of amides is 2. The minimum Gasteiger partial charge on any atom is -0.476 e. The van der Waals surface area contributed by atoms with Crippen LogP contribution < -0.4 is 10.6 Å². The highest BCUT2D eigenvalue weighted by Gasteiger charge is 2.08. The van der Waals surface area contributed by atoms with Gasteiger partial charge in [-0.15, -0.1) is 5.10 Å². The van der Waals surface area contributed by atoms with E-state index in [0.29, 0.717) is 19.6 Å². The molecular formula is C11H13N5O3S. The first kappa shape index (κ1) is 14.0. The molecule has 0 spiro atoms. The van der Waals surface area contributed by atoms with Crippen molar-refractivity contribution in [3.05, 3.63) is 34.3 Å². The predicted octanol–water partition coefficient (Wildman–Crippen LogP) is 0.537. The molecule has 2 heterocycles. The molecule has 0 saturated carbocycles. The molecule has 106 valence electrons. The van der Waals surface area contributed by atoms with Crippen LogP contribution in [0.3, 0.4) is 0 Å². The molecule has 8 nitrogen and oxygen atoms in total. The lowest BCUT2D eigenvalue weighted by molar-refractivity contribution is 0.0690. The number of hydrogen-bond donors (Lipinski definition) is 3. The summed E-state index contributed by atoms with van der Waals surface area (Å²) in [5.41, 5.74) is 0.930. The van der Waals surface area contributed by atoms with Gasteiger partial charge in [-0.3, -0.25) is 0 Å². The molecule has 2 amide bonds. The third-order valence-electron chi connectivity index (χ3n) is 2.42. The molecule has 0 atom stereocenters.